The Labute approximate surface area is 234 Å². The quantitative estimate of drug-likeness (QED) is 0.156. The van der Waals surface area contributed by atoms with Crippen LogP contribution in [0.3, 0.4) is 0 Å². The molecule has 0 aliphatic heterocycles. The van der Waals surface area contributed by atoms with E-state index in [0.717, 1.165) is 49.1 Å². The monoisotopic (exact) mass is 543 g/mol. The van der Waals surface area contributed by atoms with Gasteiger partial charge in [0, 0.05) is 24.4 Å². The van der Waals surface area contributed by atoms with Crippen LogP contribution in [-0.4, -0.2) is 43.2 Å². The van der Waals surface area contributed by atoms with Gasteiger partial charge < -0.3 is 14.4 Å². The molecule has 0 unspecified atom stereocenters. The number of hydrogen-bond acceptors (Lipinski definition) is 6. The Kier molecular flexibility index (Phi) is 9.47. The van der Waals surface area contributed by atoms with Crippen molar-refractivity contribution in [3.8, 4) is 16.9 Å². The highest BCUT2D eigenvalue weighted by molar-refractivity contribution is 5.93. The summed E-state index contributed by atoms with van der Waals surface area (Å²) in [5, 5.41) is 9.09. The minimum atomic E-state index is -1.35. The van der Waals surface area contributed by atoms with Crippen molar-refractivity contribution in [1.29, 1.82) is 0 Å². The van der Waals surface area contributed by atoms with Gasteiger partial charge in [-0.15, -0.1) is 0 Å². The Morgan fingerprint density at radius 1 is 1.00 bits per heavy atom. The first-order chi connectivity index (χ1) is 19.3. The van der Waals surface area contributed by atoms with E-state index in [0.29, 0.717) is 35.8 Å². The lowest BCUT2D eigenvalue weighted by Gasteiger charge is -2.22. The molecule has 4 rings (SSSR count). The maximum atomic E-state index is 13.0. The van der Waals surface area contributed by atoms with Crippen molar-refractivity contribution in [2.24, 2.45) is 5.92 Å². The van der Waals surface area contributed by atoms with Gasteiger partial charge in [0.15, 0.2) is 5.65 Å². The Morgan fingerprint density at radius 3 is 2.40 bits per heavy atom. The van der Waals surface area contributed by atoms with E-state index in [1.54, 1.807) is 23.2 Å². The van der Waals surface area contributed by atoms with E-state index in [-0.39, 0.29) is 17.6 Å². The lowest BCUT2D eigenvalue weighted by Crippen LogP contribution is -2.36. The summed E-state index contributed by atoms with van der Waals surface area (Å²) in [6, 6.07) is 15.0. The van der Waals surface area contributed by atoms with E-state index >= 15 is 0 Å². The lowest BCUT2D eigenvalue weighted by molar-refractivity contribution is -0.121. The first-order valence-corrected chi connectivity index (χ1v) is 13.9. The SMILES string of the molecule is CCCCc1nc2cnc(N(CCCC)C(=O)C(C)C)nc2n1Cc1ccc(-c2ccccc2OC(=O)O)cc1. The zero-order valence-electron chi connectivity index (χ0n) is 23.6. The van der Waals surface area contributed by atoms with Crippen molar-refractivity contribution in [2.75, 3.05) is 11.4 Å². The van der Waals surface area contributed by atoms with Gasteiger partial charge >= 0.3 is 6.16 Å². The highest BCUT2D eigenvalue weighted by Crippen LogP contribution is 2.30. The van der Waals surface area contributed by atoms with Gasteiger partial charge in [-0.1, -0.05) is 83.0 Å². The zero-order valence-corrected chi connectivity index (χ0v) is 23.6. The van der Waals surface area contributed by atoms with E-state index in [1.807, 2.05) is 50.2 Å². The molecule has 2 aromatic carbocycles. The number of rotatable bonds is 12. The molecule has 4 aromatic rings. The van der Waals surface area contributed by atoms with Gasteiger partial charge in [-0.05, 0) is 30.0 Å². The molecule has 0 atom stereocenters. The Bertz CT molecular complexity index is 1460. The fourth-order valence-corrected chi connectivity index (χ4v) is 4.58. The van der Waals surface area contributed by atoms with Crippen LogP contribution in [0.5, 0.6) is 5.75 Å². The molecule has 0 aliphatic rings. The second-order valence-electron chi connectivity index (χ2n) is 10.2. The molecule has 0 bridgehead atoms. The largest absolute Gasteiger partial charge is 0.511 e. The maximum absolute atomic E-state index is 13.0. The van der Waals surface area contributed by atoms with E-state index in [2.05, 4.69) is 23.4 Å². The number of amides is 1. The van der Waals surface area contributed by atoms with Crippen molar-refractivity contribution in [1.82, 2.24) is 19.5 Å². The minimum Gasteiger partial charge on any atom is -0.449 e. The molecule has 2 aromatic heterocycles. The van der Waals surface area contributed by atoms with Crippen LogP contribution in [0.15, 0.2) is 54.7 Å². The van der Waals surface area contributed by atoms with E-state index in [4.69, 9.17) is 19.8 Å². The van der Waals surface area contributed by atoms with Crippen LogP contribution in [0.1, 0.15) is 64.8 Å². The third-order valence-electron chi connectivity index (χ3n) is 6.73. The van der Waals surface area contributed by atoms with Gasteiger partial charge in [0.05, 0.1) is 12.7 Å². The summed E-state index contributed by atoms with van der Waals surface area (Å²) in [5.74, 6) is 1.48. The van der Waals surface area contributed by atoms with Crippen LogP contribution < -0.4 is 9.64 Å². The first-order valence-electron chi connectivity index (χ1n) is 13.9. The fraction of sp³-hybridized carbons (Fsp3) is 0.387. The number of aryl methyl sites for hydroxylation is 1. The summed E-state index contributed by atoms with van der Waals surface area (Å²) in [6.45, 7) is 9.15. The van der Waals surface area contributed by atoms with Gasteiger partial charge in [0.1, 0.15) is 17.1 Å². The highest BCUT2D eigenvalue weighted by atomic mass is 16.7. The molecule has 0 saturated heterocycles. The molecule has 40 heavy (non-hydrogen) atoms. The molecule has 0 spiro atoms. The zero-order chi connectivity index (χ0) is 28.6. The van der Waals surface area contributed by atoms with Gasteiger partial charge in [0.25, 0.3) is 0 Å². The summed E-state index contributed by atoms with van der Waals surface area (Å²) in [4.78, 5) is 40.1. The Balaban J connectivity index is 1.70. The van der Waals surface area contributed by atoms with Crippen molar-refractivity contribution in [3.05, 3.63) is 66.1 Å². The normalized spacial score (nSPS) is 11.2. The van der Waals surface area contributed by atoms with Crippen molar-refractivity contribution < 1.29 is 19.4 Å². The molecular formula is C31H37N5O4. The number of carbonyl (C=O) groups is 2. The number of para-hydroxylation sites is 1. The molecule has 1 amide bonds. The second-order valence-corrected chi connectivity index (χ2v) is 10.2. The summed E-state index contributed by atoms with van der Waals surface area (Å²) >= 11 is 0. The molecule has 0 fully saturated rings. The van der Waals surface area contributed by atoms with Gasteiger partial charge in [-0.25, -0.2) is 14.8 Å². The topological polar surface area (TPSA) is 110 Å². The number of unbranched alkanes of at least 4 members (excludes halogenated alkanes) is 2. The molecule has 1 N–H and O–H groups in total. The van der Waals surface area contributed by atoms with Crippen LogP contribution in [0, 0.1) is 5.92 Å². The highest BCUT2D eigenvalue weighted by Gasteiger charge is 2.23. The number of aromatic nitrogens is 4. The average Bonchev–Trinajstić information content (AvgIpc) is 3.28. The first kappa shape index (κ1) is 28.7. The number of benzene rings is 2. The van der Waals surface area contributed by atoms with Gasteiger partial charge in [-0.2, -0.15) is 4.98 Å². The predicted molar refractivity (Wildman–Crippen MR) is 156 cm³/mol. The summed E-state index contributed by atoms with van der Waals surface area (Å²) < 4.78 is 7.08. The Morgan fingerprint density at radius 2 is 1.73 bits per heavy atom. The molecule has 9 heteroatoms. The van der Waals surface area contributed by atoms with Crippen LogP contribution >= 0.6 is 0 Å². The molecule has 2 heterocycles. The predicted octanol–water partition coefficient (Wildman–Crippen LogP) is 6.73. The number of nitrogens with zero attached hydrogens (tertiary/aromatic N) is 5. The number of carbonyl (C=O) groups excluding carboxylic acids is 1. The third-order valence-corrected chi connectivity index (χ3v) is 6.73. The van der Waals surface area contributed by atoms with Crippen LogP contribution in [0.25, 0.3) is 22.3 Å². The van der Waals surface area contributed by atoms with Crippen LogP contribution in [0.4, 0.5) is 10.7 Å². The van der Waals surface area contributed by atoms with E-state index < -0.39 is 6.16 Å². The van der Waals surface area contributed by atoms with Gasteiger partial charge in [0.2, 0.25) is 11.9 Å². The molecule has 0 saturated carbocycles. The molecule has 9 nitrogen and oxygen atoms in total. The maximum Gasteiger partial charge on any atom is 0.511 e. The number of imidazole rings is 1. The van der Waals surface area contributed by atoms with Gasteiger partial charge in [-0.3, -0.25) is 9.69 Å². The van der Waals surface area contributed by atoms with Crippen LogP contribution in [0.2, 0.25) is 0 Å². The van der Waals surface area contributed by atoms with E-state index in [9.17, 15) is 9.59 Å². The van der Waals surface area contributed by atoms with Crippen molar-refractivity contribution in [2.45, 2.75) is 66.3 Å². The second kappa shape index (κ2) is 13.2. The number of hydrogen-bond donors (Lipinski definition) is 1. The molecular weight excluding hydrogens is 506 g/mol. The molecule has 0 radical (unpaired) electrons. The number of fused-ring (bicyclic) bond motifs is 1. The summed E-state index contributed by atoms with van der Waals surface area (Å²) in [7, 11) is 0. The van der Waals surface area contributed by atoms with E-state index in [1.165, 1.54) is 0 Å². The molecule has 0 aliphatic carbocycles. The minimum absolute atomic E-state index is 0.00724. The number of anilines is 1. The summed E-state index contributed by atoms with van der Waals surface area (Å²) in [6.07, 6.45) is 5.06. The third kappa shape index (κ3) is 6.65. The lowest BCUT2D eigenvalue weighted by atomic mass is 10.0. The Hall–Kier alpha value is -4.27. The standard InChI is InChI=1S/C31H37N5O4/c1-5-7-13-27-33-25-19-32-30(35(18-8-6-2)29(37)21(3)4)34-28(25)36(27)20-22-14-16-23(17-15-22)24-11-9-10-12-26(24)40-31(38)39/h9-12,14-17,19,21H,5-8,13,18,20H2,1-4H3,(H,38,39). The number of carboxylic acid groups (broad SMARTS) is 1. The summed E-state index contributed by atoms with van der Waals surface area (Å²) in [5.41, 5.74) is 4.01. The van der Waals surface area contributed by atoms with Crippen molar-refractivity contribution in [3.63, 3.8) is 0 Å². The fourth-order valence-electron chi connectivity index (χ4n) is 4.58. The van der Waals surface area contributed by atoms with Crippen molar-refractivity contribution >= 4 is 29.2 Å². The smallest absolute Gasteiger partial charge is 0.449 e. The molecule has 210 valence electrons. The number of ether oxygens (including phenoxy) is 1. The van der Waals surface area contributed by atoms with Crippen LogP contribution in [-0.2, 0) is 17.8 Å². The average molecular weight is 544 g/mol.